The summed E-state index contributed by atoms with van der Waals surface area (Å²) in [6.45, 7) is 14.3. The highest BCUT2D eigenvalue weighted by Gasteiger charge is 2.45. The van der Waals surface area contributed by atoms with E-state index in [1.807, 2.05) is 6.08 Å². The van der Waals surface area contributed by atoms with Gasteiger partial charge in [-0.1, -0.05) is 59.8 Å². The van der Waals surface area contributed by atoms with Crippen LogP contribution in [-0.4, -0.2) is 25.5 Å². The molecule has 0 N–H and O–H groups in total. The van der Waals surface area contributed by atoms with Crippen molar-refractivity contribution in [1.29, 1.82) is 0 Å². The maximum Gasteiger partial charge on any atom is 0.330 e. The lowest BCUT2D eigenvalue weighted by atomic mass is 10.1. The average molecular weight is 372 g/mol. The molecule has 0 atom stereocenters. The zero-order valence-electron chi connectivity index (χ0n) is 17.2. The van der Waals surface area contributed by atoms with Crippen molar-refractivity contribution < 1.29 is 9.53 Å². The Morgan fingerprint density at radius 3 is 2.23 bits per heavy atom. The summed E-state index contributed by atoms with van der Waals surface area (Å²) in [7, 11) is -0.365. The molecule has 1 heterocycles. The zero-order valence-corrected chi connectivity index (χ0v) is 18.2. The van der Waals surface area contributed by atoms with Gasteiger partial charge in [-0.3, -0.25) is 0 Å². The van der Waals surface area contributed by atoms with Gasteiger partial charge in [0.2, 0.25) is 0 Å². The molecule has 0 aliphatic heterocycles. The van der Waals surface area contributed by atoms with Gasteiger partial charge >= 0.3 is 5.97 Å². The smallest absolute Gasteiger partial charge is 0.330 e. The van der Waals surface area contributed by atoms with Gasteiger partial charge in [0.15, 0.2) is 8.24 Å². The van der Waals surface area contributed by atoms with Crippen molar-refractivity contribution in [1.82, 2.24) is 4.23 Å². The second-order valence-corrected chi connectivity index (χ2v) is 13.7. The molecule has 0 amide bonds. The van der Waals surface area contributed by atoms with Crippen molar-refractivity contribution in [3.8, 4) is 0 Å². The summed E-state index contributed by atoms with van der Waals surface area (Å²) in [4.78, 5) is 11.3. The van der Waals surface area contributed by atoms with Crippen LogP contribution >= 0.6 is 0 Å². The Kier molecular flexibility index (Phi) is 6.51. The van der Waals surface area contributed by atoms with Crippen molar-refractivity contribution in [2.45, 2.75) is 64.6 Å². The molecule has 0 aliphatic rings. The lowest BCUT2D eigenvalue weighted by Gasteiger charge is -2.44. The number of benzene rings is 1. The largest absolute Gasteiger partial charge is 0.466 e. The van der Waals surface area contributed by atoms with E-state index in [4.69, 9.17) is 0 Å². The van der Waals surface area contributed by atoms with Gasteiger partial charge in [0.25, 0.3) is 0 Å². The third kappa shape index (κ3) is 3.52. The lowest BCUT2D eigenvalue weighted by Crippen LogP contribution is -2.51. The Bertz CT molecular complexity index is 765. The van der Waals surface area contributed by atoms with Crippen LogP contribution in [-0.2, 0) is 16.0 Å². The molecule has 0 fully saturated rings. The Morgan fingerprint density at radius 2 is 1.69 bits per heavy atom. The molecular formula is C22H33NO2Si. The number of allylic oxidation sites excluding steroid dienone is 1. The maximum absolute atomic E-state index is 11.3. The molecule has 1 aromatic carbocycles. The van der Waals surface area contributed by atoms with E-state index in [2.05, 4.69) is 81.0 Å². The van der Waals surface area contributed by atoms with Crippen LogP contribution in [0.25, 0.3) is 10.9 Å². The molecule has 26 heavy (non-hydrogen) atoms. The molecule has 2 rings (SSSR count). The second-order valence-electron chi connectivity index (χ2n) is 8.02. The Hall–Kier alpha value is -1.81. The summed E-state index contributed by atoms with van der Waals surface area (Å²) in [6.07, 6.45) is 6.43. The van der Waals surface area contributed by atoms with Gasteiger partial charge in [0, 0.05) is 17.0 Å². The molecular weight excluding hydrogens is 338 g/mol. The van der Waals surface area contributed by atoms with E-state index >= 15 is 0 Å². The fourth-order valence-corrected chi connectivity index (χ4v) is 11.5. The van der Waals surface area contributed by atoms with E-state index in [0.717, 1.165) is 6.42 Å². The molecule has 142 valence electrons. The number of nitrogens with zero attached hydrogens (tertiary/aromatic N) is 1. The van der Waals surface area contributed by atoms with Crippen molar-refractivity contribution >= 4 is 25.1 Å². The summed E-state index contributed by atoms with van der Waals surface area (Å²) in [5, 5.41) is 1.29. The number of esters is 1. The molecule has 3 nitrogen and oxygen atoms in total. The van der Waals surface area contributed by atoms with Gasteiger partial charge in [-0.2, -0.15) is 0 Å². The minimum absolute atomic E-state index is 0.305. The summed E-state index contributed by atoms with van der Waals surface area (Å²) in [6, 6.07) is 8.79. The van der Waals surface area contributed by atoms with Crippen LogP contribution < -0.4 is 0 Å². The van der Waals surface area contributed by atoms with Gasteiger partial charge < -0.3 is 8.97 Å². The first-order valence-corrected chi connectivity index (χ1v) is 11.8. The fraction of sp³-hybridized carbons (Fsp3) is 0.500. The number of ether oxygens (including phenoxy) is 1. The van der Waals surface area contributed by atoms with Gasteiger partial charge in [-0.25, -0.2) is 4.79 Å². The van der Waals surface area contributed by atoms with Gasteiger partial charge in [0.05, 0.1) is 7.11 Å². The molecule has 0 unspecified atom stereocenters. The Morgan fingerprint density at radius 1 is 1.08 bits per heavy atom. The van der Waals surface area contributed by atoms with Gasteiger partial charge in [0.1, 0.15) is 0 Å². The van der Waals surface area contributed by atoms with Crippen LogP contribution in [0, 0.1) is 0 Å². The number of carbonyl (C=O) groups is 1. The van der Waals surface area contributed by atoms with Crippen LogP contribution in [0.4, 0.5) is 0 Å². The van der Waals surface area contributed by atoms with Crippen molar-refractivity contribution in [3.05, 3.63) is 48.2 Å². The number of hydrogen-bond acceptors (Lipinski definition) is 2. The van der Waals surface area contributed by atoms with Gasteiger partial charge in [-0.05, 0) is 46.9 Å². The minimum Gasteiger partial charge on any atom is -0.466 e. The Labute approximate surface area is 159 Å². The SMILES string of the molecule is COC(=O)/C=C/Cc1cccc2c1ccn2[Si](C(C)C)(C(C)C)C(C)C. The number of hydrogen-bond donors (Lipinski definition) is 0. The first-order chi connectivity index (χ1) is 12.3. The number of methoxy groups -OCH3 is 1. The normalized spacial score (nSPS) is 12.8. The highest BCUT2D eigenvalue weighted by atomic mass is 28.3. The lowest BCUT2D eigenvalue weighted by molar-refractivity contribution is -0.134. The van der Waals surface area contributed by atoms with Crippen molar-refractivity contribution in [2.24, 2.45) is 0 Å². The molecule has 4 heteroatoms. The van der Waals surface area contributed by atoms with Crippen molar-refractivity contribution in [2.75, 3.05) is 7.11 Å². The summed E-state index contributed by atoms with van der Waals surface area (Å²) in [5.41, 5.74) is 4.54. The molecule has 1 aromatic heterocycles. The number of fused-ring (bicyclic) bond motifs is 1. The van der Waals surface area contributed by atoms with E-state index in [0.29, 0.717) is 16.6 Å². The minimum atomic E-state index is -1.77. The van der Waals surface area contributed by atoms with Crippen LogP contribution in [0.1, 0.15) is 47.1 Å². The second kappa shape index (κ2) is 8.25. The molecule has 0 bridgehead atoms. The quantitative estimate of drug-likeness (QED) is 0.343. The number of aromatic nitrogens is 1. The van der Waals surface area contributed by atoms with E-state index in [1.54, 1.807) is 0 Å². The third-order valence-electron chi connectivity index (χ3n) is 5.81. The highest BCUT2D eigenvalue weighted by molar-refractivity contribution is 6.82. The average Bonchev–Trinajstić information content (AvgIpc) is 2.99. The van der Waals surface area contributed by atoms with Crippen LogP contribution in [0.5, 0.6) is 0 Å². The topological polar surface area (TPSA) is 31.2 Å². The third-order valence-corrected chi connectivity index (χ3v) is 12.6. The number of carbonyl (C=O) groups excluding carboxylic acids is 1. The predicted molar refractivity (Wildman–Crippen MR) is 113 cm³/mol. The molecule has 0 saturated heterocycles. The fourth-order valence-electron chi connectivity index (χ4n) is 4.93. The summed E-state index contributed by atoms with van der Waals surface area (Å²) < 4.78 is 7.31. The van der Waals surface area contributed by atoms with E-state index in [-0.39, 0.29) is 5.97 Å². The number of rotatable bonds is 7. The molecule has 0 saturated carbocycles. The predicted octanol–water partition coefficient (Wildman–Crippen LogP) is 5.94. The monoisotopic (exact) mass is 371 g/mol. The summed E-state index contributed by atoms with van der Waals surface area (Å²) >= 11 is 0. The molecule has 0 aliphatic carbocycles. The molecule has 0 spiro atoms. The zero-order chi connectivity index (χ0) is 19.5. The van der Waals surface area contributed by atoms with E-state index in [1.165, 1.54) is 29.7 Å². The van der Waals surface area contributed by atoms with Crippen LogP contribution in [0.3, 0.4) is 0 Å². The highest BCUT2D eigenvalue weighted by Crippen LogP contribution is 2.44. The maximum atomic E-state index is 11.3. The first kappa shape index (κ1) is 20.5. The van der Waals surface area contributed by atoms with Crippen molar-refractivity contribution in [3.63, 3.8) is 0 Å². The van der Waals surface area contributed by atoms with Crippen LogP contribution in [0.2, 0.25) is 16.6 Å². The Balaban J connectivity index is 2.56. The molecule has 0 radical (unpaired) electrons. The van der Waals surface area contributed by atoms with E-state index < -0.39 is 8.24 Å². The summed E-state index contributed by atoms with van der Waals surface area (Å²) in [5.74, 6) is -0.305. The van der Waals surface area contributed by atoms with Gasteiger partial charge in [-0.15, -0.1) is 0 Å². The van der Waals surface area contributed by atoms with Crippen LogP contribution in [0.15, 0.2) is 42.6 Å². The van der Waals surface area contributed by atoms with E-state index in [9.17, 15) is 4.79 Å². The standard InChI is InChI=1S/C22H33NO2Si/c1-16(2)26(17(3)4,18(5)6)23-15-14-20-19(10-8-12-21(20)23)11-9-13-22(24)25-7/h8-10,12-18H,11H2,1-7H3/b13-9+. The molecule has 2 aromatic rings. The first-order valence-electron chi connectivity index (χ1n) is 9.60.